The second kappa shape index (κ2) is 10.2. The average Bonchev–Trinajstić information content (AvgIpc) is 3.02. The molecular weight excluding hydrogens is 404 g/mol. The summed E-state index contributed by atoms with van der Waals surface area (Å²) in [7, 11) is 0. The predicted molar refractivity (Wildman–Crippen MR) is 139 cm³/mol. The lowest BCUT2D eigenvalue weighted by Gasteiger charge is -2.34. The lowest BCUT2D eigenvalue weighted by molar-refractivity contribution is 0.227. The normalized spacial score (nSPS) is 15.5. The van der Waals surface area contributed by atoms with Crippen molar-refractivity contribution in [1.29, 1.82) is 0 Å². The number of nitrogens with one attached hydrogen (secondary N) is 2. The summed E-state index contributed by atoms with van der Waals surface area (Å²) >= 11 is 0. The number of amides is 2. The smallest absolute Gasteiger partial charge is 0.319 e. The zero-order valence-electron chi connectivity index (χ0n) is 20.2. The minimum Gasteiger partial charge on any atom is -0.332 e. The number of anilines is 1. The number of aryl methyl sites for hydroxylation is 3. The van der Waals surface area contributed by atoms with Gasteiger partial charge in [0.1, 0.15) is 0 Å². The van der Waals surface area contributed by atoms with Crippen LogP contribution in [0.4, 0.5) is 10.5 Å². The van der Waals surface area contributed by atoms with Crippen LogP contribution in [0.25, 0.3) is 11.1 Å². The van der Waals surface area contributed by atoms with Crippen LogP contribution in [0.2, 0.25) is 0 Å². The molecule has 2 amide bonds. The predicted octanol–water partition coefficient (Wildman–Crippen LogP) is 7.74. The molecule has 0 heterocycles. The Morgan fingerprint density at radius 3 is 2.09 bits per heavy atom. The van der Waals surface area contributed by atoms with Crippen LogP contribution in [0.5, 0.6) is 0 Å². The van der Waals surface area contributed by atoms with E-state index in [1.165, 1.54) is 35.1 Å². The zero-order chi connectivity index (χ0) is 23.3. The highest BCUT2D eigenvalue weighted by Crippen LogP contribution is 2.32. The van der Waals surface area contributed by atoms with Crippen molar-refractivity contribution >= 4 is 11.7 Å². The van der Waals surface area contributed by atoms with Gasteiger partial charge in [-0.2, -0.15) is 0 Å². The Kier molecular flexibility index (Phi) is 7.17. The summed E-state index contributed by atoms with van der Waals surface area (Å²) < 4.78 is 0. The number of rotatable bonds is 5. The van der Waals surface area contributed by atoms with Gasteiger partial charge in [0.25, 0.3) is 0 Å². The van der Waals surface area contributed by atoms with Crippen molar-refractivity contribution in [3.05, 3.63) is 89.0 Å². The van der Waals surface area contributed by atoms with E-state index in [-0.39, 0.29) is 11.6 Å². The Balaban J connectivity index is 1.56. The highest BCUT2D eigenvalue weighted by atomic mass is 16.2. The summed E-state index contributed by atoms with van der Waals surface area (Å²) in [4.78, 5) is 13.2. The molecule has 3 heteroatoms. The van der Waals surface area contributed by atoms with Crippen molar-refractivity contribution in [3.63, 3.8) is 0 Å². The first-order valence-electron chi connectivity index (χ1n) is 12.3. The number of benzene rings is 3. The number of carbonyl (C=O) groups excluding carboxylic acids is 1. The van der Waals surface area contributed by atoms with Gasteiger partial charge in [-0.05, 0) is 67.9 Å². The topological polar surface area (TPSA) is 41.1 Å². The average molecular weight is 441 g/mol. The third-order valence-electron chi connectivity index (χ3n) is 6.93. The van der Waals surface area contributed by atoms with E-state index < -0.39 is 0 Å². The van der Waals surface area contributed by atoms with E-state index in [2.05, 4.69) is 92.1 Å². The highest BCUT2D eigenvalue weighted by molar-refractivity contribution is 5.91. The standard InChI is InChI=1S/C30H36N2O/c1-22-18-23(2)28(24(3)19-22)31-29(33)32-30(16-9-4-5-10-17-30)21-25-12-11-15-27(20-25)26-13-7-6-8-14-26/h6-8,11-15,18-20H,4-5,9-10,16-17,21H2,1-3H3,(H2,31,32,33). The summed E-state index contributed by atoms with van der Waals surface area (Å²) in [5.74, 6) is 0. The first kappa shape index (κ1) is 23.1. The van der Waals surface area contributed by atoms with E-state index in [0.717, 1.165) is 48.9 Å². The molecule has 0 spiro atoms. The van der Waals surface area contributed by atoms with Gasteiger partial charge in [-0.1, -0.05) is 98.0 Å². The molecule has 0 bridgehead atoms. The maximum absolute atomic E-state index is 13.2. The molecule has 3 aromatic carbocycles. The summed E-state index contributed by atoms with van der Waals surface area (Å²) in [6.45, 7) is 6.21. The van der Waals surface area contributed by atoms with Crippen LogP contribution in [0.15, 0.2) is 66.7 Å². The molecular formula is C30H36N2O. The molecule has 1 aliphatic rings. The molecule has 4 rings (SSSR count). The first-order valence-corrected chi connectivity index (χ1v) is 12.3. The maximum atomic E-state index is 13.2. The lowest BCUT2D eigenvalue weighted by Crippen LogP contribution is -2.51. The highest BCUT2D eigenvalue weighted by Gasteiger charge is 2.33. The summed E-state index contributed by atoms with van der Waals surface area (Å²) in [5.41, 5.74) is 7.87. The molecule has 0 saturated heterocycles. The molecule has 0 unspecified atom stereocenters. The summed E-state index contributed by atoms with van der Waals surface area (Å²) in [6.07, 6.45) is 7.68. The third-order valence-corrected chi connectivity index (χ3v) is 6.93. The van der Waals surface area contributed by atoms with Gasteiger partial charge < -0.3 is 10.6 Å². The molecule has 0 aromatic heterocycles. The van der Waals surface area contributed by atoms with Crippen LogP contribution in [0, 0.1) is 20.8 Å². The van der Waals surface area contributed by atoms with Crippen LogP contribution >= 0.6 is 0 Å². The molecule has 1 fully saturated rings. The van der Waals surface area contributed by atoms with Gasteiger partial charge in [0.05, 0.1) is 0 Å². The van der Waals surface area contributed by atoms with Crippen LogP contribution < -0.4 is 10.6 Å². The van der Waals surface area contributed by atoms with Crippen molar-refractivity contribution in [2.24, 2.45) is 0 Å². The van der Waals surface area contributed by atoms with Crippen LogP contribution in [0.3, 0.4) is 0 Å². The monoisotopic (exact) mass is 440 g/mol. The zero-order valence-corrected chi connectivity index (χ0v) is 20.2. The number of hydrogen-bond acceptors (Lipinski definition) is 1. The number of urea groups is 1. The minimum atomic E-state index is -0.220. The SMILES string of the molecule is Cc1cc(C)c(NC(=O)NC2(Cc3cccc(-c4ccccc4)c3)CCCCCC2)c(C)c1. The Morgan fingerprint density at radius 2 is 1.42 bits per heavy atom. The molecule has 33 heavy (non-hydrogen) atoms. The van der Waals surface area contributed by atoms with E-state index >= 15 is 0 Å². The number of hydrogen-bond donors (Lipinski definition) is 2. The van der Waals surface area contributed by atoms with Crippen molar-refractivity contribution in [2.75, 3.05) is 5.32 Å². The van der Waals surface area contributed by atoms with E-state index in [0.29, 0.717) is 0 Å². The molecule has 1 aliphatic carbocycles. The van der Waals surface area contributed by atoms with Gasteiger partial charge in [-0.3, -0.25) is 0 Å². The minimum absolute atomic E-state index is 0.0915. The van der Waals surface area contributed by atoms with Gasteiger partial charge >= 0.3 is 6.03 Å². The molecule has 0 aliphatic heterocycles. The van der Waals surface area contributed by atoms with Crippen LogP contribution in [-0.4, -0.2) is 11.6 Å². The first-order chi connectivity index (χ1) is 15.9. The van der Waals surface area contributed by atoms with Crippen molar-refractivity contribution in [1.82, 2.24) is 5.32 Å². The second-order valence-corrected chi connectivity index (χ2v) is 9.79. The van der Waals surface area contributed by atoms with E-state index in [9.17, 15) is 4.79 Å². The molecule has 3 aromatic rings. The van der Waals surface area contributed by atoms with Gasteiger partial charge in [-0.15, -0.1) is 0 Å². The van der Waals surface area contributed by atoms with Crippen LogP contribution in [-0.2, 0) is 6.42 Å². The second-order valence-electron chi connectivity index (χ2n) is 9.79. The quantitative estimate of drug-likeness (QED) is 0.391. The Morgan fingerprint density at radius 1 is 0.788 bits per heavy atom. The van der Waals surface area contributed by atoms with Crippen molar-refractivity contribution in [3.8, 4) is 11.1 Å². The van der Waals surface area contributed by atoms with Gasteiger partial charge in [0.2, 0.25) is 0 Å². The summed E-state index contributed by atoms with van der Waals surface area (Å²) in [5, 5.41) is 6.62. The van der Waals surface area contributed by atoms with E-state index in [1.54, 1.807) is 0 Å². The van der Waals surface area contributed by atoms with Gasteiger partial charge in [0, 0.05) is 11.2 Å². The lowest BCUT2D eigenvalue weighted by atomic mass is 9.83. The Bertz CT molecular complexity index is 1070. The third kappa shape index (κ3) is 5.84. The van der Waals surface area contributed by atoms with Gasteiger partial charge in [0.15, 0.2) is 0 Å². The van der Waals surface area contributed by atoms with Crippen molar-refractivity contribution in [2.45, 2.75) is 71.3 Å². The Hall–Kier alpha value is -3.07. The van der Waals surface area contributed by atoms with E-state index in [4.69, 9.17) is 0 Å². The molecule has 172 valence electrons. The van der Waals surface area contributed by atoms with Crippen LogP contribution in [0.1, 0.15) is 60.8 Å². The summed E-state index contributed by atoms with van der Waals surface area (Å²) in [6, 6.07) is 23.5. The van der Waals surface area contributed by atoms with Gasteiger partial charge in [-0.25, -0.2) is 4.79 Å². The molecule has 0 radical (unpaired) electrons. The fourth-order valence-corrected chi connectivity index (χ4v) is 5.40. The molecule has 0 atom stereocenters. The largest absolute Gasteiger partial charge is 0.332 e. The Labute approximate surface area is 198 Å². The number of carbonyl (C=O) groups is 1. The molecule has 2 N–H and O–H groups in total. The van der Waals surface area contributed by atoms with Crippen molar-refractivity contribution < 1.29 is 4.79 Å². The fourth-order valence-electron chi connectivity index (χ4n) is 5.40. The fraction of sp³-hybridized carbons (Fsp3) is 0.367. The molecule has 3 nitrogen and oxygen atoms in total. The molecule has 1 saturated carbocycles. The van der Waals surface area contributed by atoms with E-state index in [1.807, 2.05) is 6.07 Å². The maximum Gasteiger partial charge on any atom is 0.319 e.